The number of rotatable bonds is 4. The second-order valence-corrected chi connectivity index (χ2v) is 4.06. The standard InChI is InChI=1S/C13H13ClN2O2/c1-2-11-12(14)15-8-16-13(11)18-10-5-3-9(7-17)4-6-10/h3-6,8,17H,2,7H2,1H3. The zero-order valence-electron chi connectivity index (χ0n) is 9.93. The van der Waals surface area contributed by atoms with E-state index in [0.717, 1.165) is 11.1 Å². The van der Waals surface area contributed by atoms with E-state index in [1.54, 1.807) is 24.3 Å². The fourth-order valence-corrected chi connectivity index (χ4v) is 1.79. The Morgan fingerprint density at radius 1 is 1.22 bits per heavy atom. The minimum atomic E-state index is 0.0137. The summed E-state index contributed by atoms with van der Waals surface area (Å²) in [6.07, 6.45) is 2.07. The summed E-state index contributed by atoms with van der Waals surface area (Å²) < 4.78 is 5.66. The highest BCUT2D eigenvalue weighted by Crippen LogP contribution is 2.27. The number of aliphatic hydroxyl groups is 1. The number of ether oxygens (including phenoxy) is 1. The maximum Gasteiger partial charge on any atom is 0.226 e. The summed E-state index contributed by atoms with van der Waals surface area (Å²) in [6.45, 7) is 1.98. The molecule has 0 saturated heterocycles. The highest BCUT2D eigenvalue weighted by atomic mass is 35.5. The van der Waals surface area contributed by atoms with Crippen molar-refractivity contribution in [1.29, 1.82) is 0 Å². The van der Waals surface area contributed by atoms with Crippen molar-refractivity contribution in [3.05, 3.63) is 46.9 Å². The molecule has 0 fully saturated rings. The van der Waals surface area contributed by atoms with E-state index in [4.69, 9.17) is 21.4 Å². The summed E-state index contributed by atoms with van der Waals surface area (Å²) in [6, 6.07) is 7.15. The molecule has 5 heteroatoms. The van der Waals surface area contributed by atoms with Gasteiger partial charge in [-0.05, 0) is 24.1 Å². The third-order valence-corrected chi connectivity index (χ3v) is 2.85. The number of hydrogen-bond donors (Lipinski definition) is 1. The Bertz CT molecular complexity index is 529. The van der Waals surface area contributed by atoms with Crippen LogP contribution in [0, 0.1) is 0 Å². The van der Waals surface area contributed by atoms with Crippen molar-refractivity contribution in [2.75, 3.05) is 0 Å². The van der Waals surface area contributed by atoms with E-state index >= 15 is 0 Å². The van der Waals surface area contributed by atoms with Gasteiger partial charge in [-0.3, -0.25) is 0 Å². The lowest BCUT2D eigenvalue weighted by Crippen LogP contribution is -1.96. The van der Waals surface area contributed by atoms with E-state index in [2.05, 4.69) is 9.97 Å². The average molecular weight is 265 g/mol. The minimum Gasteiger partial charge on any atom is -0.439 e. The van der Waals surface area contributed by atoms with Crippen LogP contribution in [0.4, 0.5) is 0 Å². The van der Waals surface area contributed by atoms with Crippen molar-refractivity contribution in [3.63, 3.8) is 0 Å². The first-order valence-electron chi connectivity index (χ1n) is 5.61. The molecule has 0 bridgehead atoms. The number of halogens is 1. The summed E-state index contributed by atoms with van der Waals surface area (Å²) in [5.74, 6) is 1.12. The number of aromatic nitrogens is 2. The van der Waals surface area contributed by atoms with Gasteiger partial charge in [-0.1, -0.05) is 30.7 Å². The molecule has 0 aliphatic heterocycles. The van der Waals surface area contributed by atoms with Gasteiger partial charge in [0.2, 0.25) is 5.88 Å². The van der Waals surface area contributed by atoms with Gasteiger partial charge in [-0.25, -0.2) is 9.97 Å². The highest BCUT2D eigenvalue weighted by molar-refractivity contribution is 6.30. The van der Waals surface area contributed by atoms with E-state index in [-0.39, 0.29) is 6.61 Å². The van der Waals surface area contributed by atoms with Crippen LogP contribution < -0.4 is 4.74 Å². The molecule has 0 aliphatic rings. The van der Waals surface area contributed by atoms with Gasteiger partial charge in [0, 0.05) is 0 Å². The van der Waals surface area contributed by atoms with E-state index in [1.165, 1.54) is 6.33 Å². The van der Waals surface area contributed by atoms with Crippen LogP contribution in [-0.2, 0) is 13.0 Å². The zero-order valence-corrected chi connectivity index (χ0v) is 10.7. The molecule has 2 aromatic rings. The second-order valence-electron chi connectivity index (χ2n) is 3.71. The quantitative estimate of drug-likeness (QED) is 0.863. The van der Waals surface area contributed by atoms with Gasteiger partial charge in [0.05, 0.1) is 12.2 Å². The van der Waals surface area contributed by atoms with E-state index in [1.807, 2.05) is 6.92 Å². The van der Waals surface area contributed by atoms with Gasteiger partial charge in [-0.2, -0.15) is 0 Å². The summed E-state index contributed by atoms with van der Waals surface area (Å²) in [5, 5.41) is 9.37. The lowest BCUT2D eigenvalue weighted by atomic mass is 10.2. The first kappa shape index (κ1) is 12.8. The molecule has 1 aromatic heterocycles. The molecule has 94 valence electrons. The van der Waals surface area contributed by atoms with Crippen LogP contribution in [0.1, 0.15) is 18.1 Å². The normalized spacial score (nSPS) is 10.4. The number of hydrogen-bond acceptors (Lipinski definition) is 4. The Labute approximate surface area is 110 Å². The summed E-state index contributed by atoms with van der Waals surface area (Å²) in [7, 11) is 0. The predicted octanol–water partition coefficient (Wildman–Crippen LogP) is 2.98. The van der Waals surface area contributed by atoms with Crippen molar-refractivity contribution in [2.24, 2.45) is 0 Å². The van der Waals surface area contributed by atoms with Crippen LogP contribution in [-0.4, -0.2) is 15.1 Å². The Morgan fingerprint density at radius 2 is 1.94 bits per heavy atom. The molecule has 0 aliphatic carbocycles. The van der Waals surface area contributed by atoms with Crippen molar-refractivity contribution in [2.45, 2.75) is 20.0 Å². The van der Waals surface area contributed by atoms with E-state index in [9.17, 15) is 0 Å². The topological polar surface area (TPSA) is 55.2 Å². The molecule has 1 heterocycles. The molecular formula is C13H13ClN2O2. The van der Waals surface area contributed by atoms with Crippen LogP contribution >= 0.6 is 11.6 Å². The lowest BCUT2D eigenvalue weighted by Gasteiger charge is -2.09. The highest BCUT2D eigenvalue weighted by Gasteiger charge is 2.10. The maximum absolute atomic E-state index is 8.96. The first-order chi connectivity index (χ1) is 8.74. The van der Waals surface area contributed by atoms with Crippen molar-refractivity contribution < 1.29 is 9.84 Å². The average Bonchev–Trinajstić information content (AvgIpc) is 2.40. The largest absolute Gasteiger partial charge is 0.439 e. The smallest absolute Gasteiger partial charge is 0.226 e. The fourth-order valence-electron chi connectivity index (χ4n) is 1.54. The Morgan fingerprint density at radius 3 is 2.56 bits per heavy atom. The summed E-state index contributed by atoms with van der Waals surface area (Å²) in [4.78, 5) is 8.00. The molecule has 2 rings (SSSR count). The van der Waals surface area contributed by atoms with Crippen molar-refractivity contribution in [3.8, 4) is 11.6 Å². The minimum absolute atomic E-state index is 0.0137. The van der Waals surface area contributed by atoms with Crippen molar-refractivity contribution >= 4 is 11.6 Å². The first-order valence-corrected chi connectivity index (χ1v) is 5.99. The van der Waals surface area contributed by atoms with Crippen LogP contribution in [0.15, 0.2) is 30.6 Å². The van der Waals surface area contributed by atoms with Crippen LogP contribution in [0.2, 0.25) is 5.15 Å². The predicted molar refractivity (Wildman–Crippen MR) is 68.9 cm³/mol. The number of aliphatic hydroxyl groups excluding tert-OH is 1. The van der Waals surface area contributed by atoms with Crippen LogP contribution in [0.3, 0.4) is 0 Å². The van der Waals surface area contributed by atoms with E-state index < -0.39 is 0 Å². The lowest BCUT2D eigenvalue weighted by molar-refractivity contribution is 0.281. The Balaban J connectivity index is 2.25. The molecule has 0 radical (unpaired) electrons. The van der Waals surface area contributed by atoms with Gasteiger partial charge in [0.25, 0.3) is 0 Å². The monoisotopic (exact) mass is 264 g/mol. The van der Waals surface area contributed by atoms with Gasteiger partial charge < -0.3 is 9.84 Å². The number of benzene rings is 1. The number of nitrogens with zero attached hydrogens (tertiary/aromatic N) is 2. The Hall–Kier alpha value is -1.65. The van der Waals surface area contributed by atoms with E-state index in [0.29, 0.717) is 23.2 Å². The SMILES string of the molecule is CCc1c(Cl)ncnc1Oc1ccc(CO)cc1. The van der Waals surface area contributed by atoms with Crippen molar-refractivity contribution in [1.82, 2.24) is 9.97 Å². The molecule has 4 nitrogen and oxygen atoms in total. The molecule has 0 atom stereocenters. The molecule has 18 heavy (non-hydrogen) atoms. The molecule has 1 aromatic carbocycles. The molecule has 0 amide bonds. The third kappa shape index (κ3) is 2.78. The molecule has 0 unspecified atom stereocenters. The molecule has 1 N–H and O–H groups in total. The molecule has 0 spiro atoms. The fraction of sp³-hybridized carbons (Fsp3) is 0.231. The Kier molecular flexibility index (Phi) is 4.12. The van der Waals surface area contributed by atoms with Gasteiger partial charge in [0.1, 0.15) is 17.2 Å². The zero-order chi connectivity index (χ0) is 13.0. The molecule has 0 saturated carbocycles. The maximum atomic E-state index is 8.96. The third-order valence-electron chi connectivity index (χ3n) is 2.53. The summed E-state index contributed by atoms with van der Waals surface area (Å²) >= 11 is 5.98. The van der Waals surface area contributed by atoms with Crippen LogP contribution in [0.25, 0.3) is 0 Å². The summed E-state index contributed by atoms with van der Waals surface area (Å²) in [5.41, 5.74) is 1.61. The van der Waals surface area contributed by atoms with Gasteiger partial charge >= 0.3 is 0 Å². The van der Waals surface area contributed by atoms with Crippen LogP contribution in [0.5, 0.6) is 11.6 Å². The second kappa shape index (κ2) is 5.80. The van der Waals surface area contributed by atoms with Gasteiger partial charge in [-0.15, -0.1) is 0 Å². The molecular weight excluding hydrogens is 252 g/mol. The van der Waals surface area contributed by atoms with Gasteiger partial charge in [0.15, 0.2) is 0 Å².